The minimum atomic E-state index is -3.81. The van der Waals surface area contributed by atoms with Crippen LogP contribution in [0.25, 0.3) is 0 Å². The van der Waals surface area contributed by atoms with Crippen molar-refractivity contribution in [3.05, 3.63) is 100 Å². The molecule has 0 spiro atoms. The van der Waals surface area contributed by atoms with Crippen molar-refractivity contribution in [3.63, 3.8) is 0 Å². The summed E-state index contributed by atoms with van der Waals surface area (Å²) in [5, 5.41) is 8.36. The van der Waals surface area contributed by atoms with Gasteiger partial charge in [-0.05, 0) is 100 Å². The van der Waals surface area contributed by atoms with Gasteiger partial charge in [0, 0.05) is 0 Å². The first-order valence-electron chi connectivity index (χ1n) is 9.18. The molecule has 206 valence electrons. The highest BCUT2D eigenvalue weighted by molar-refractivity contribution is 9.11. The number of carbonyl (C=O) groups excluding carboxylic acids is 1. The molecule has 0 heterocycles. The number of aromatic carboxylic acids is 1. The number of benzene rings is 3. The zero-order valence-electron chi connectivity index (χ0n) is 18.2. The molecule has 38 heavy (non-hydrogen) atoms. The van der Waals surface area contributed by atoms with Crippen molar-refractivity contribution < 1.29 is 49.5 Å². The third-order valence-electron chi connectivity index (χ3n) is 3.74. The second kappa shape index (κ2) is 14.4. The van der Waals surface area contributed by atoms with E-state index < -0.39 is 67.9 Å². The molecule has 3 rings (SSSR count). The summed E-state index contributed by atoms with van der Waals surface area (Å²) in [6, 6.07) is 4.89. The van der Waals surface area contributed by atoms with E-state index in [9.17, 15) is 44.3 Å². The van der Waals surface area contributed by atoms with Gasteiger partial charge >= 0.3 is 5.97 Å². The van der Waals surface area contributed by atoms with Gasteiger partial charge in [0.15, 0.2) is 0 Å². The van der Waals surface area contributed by atoms with Gasteiger partial charge in [-0.3, -0.25) is 4.79 Å². The predicted molar refractivity (Wildman–Crippen MR) is 139 cm³/mol. The second-order valence-electron chi connectivity index (χ2n) is 6.68. The Morgan fingerprint density at radius 3 is 1.26 bits per heavy atom. The average Bonchev–Trinajstić information content (AvgIpc) is 2.77. The molecule has 0 unspecified atom stereocenters. The quantitative estimate of drug-likeness (QED) is 0.213. The second-order valence-corrected chi connectivity index (χ2v) is 11.8. The van der Waals surface area contributed by atoms with Crippen LogP contribution in [0.2, 0.25) is 0 Å². The maximum atomic E-state index is 13.2. The van der Waals surface area contributed by atoms with Crippen LogP contribution in [-0.4, -0.2) is 31.7 Å². The Balaban J connectivity index is 0.000000294. The maximum absolute atomic E-state index is 13.2. The fourth-order valence-electron chi connectivity index (χ4n) is 2.10. The van der Waals surface area contributed by atoms with Crippen molar-refractivity contribution in [1.82, 2.24) is 4.72 Å². The molecule has 0 fully saturated rings. The Labute approximate surface area is 245 Å². The van der Waals surface area contributed by atoms with Crippen LogP contribution < -0.4 is 4.72 Å². The van der Waals surface area contributed by atoms with Crippen LogP contribution in [-0.2, 0) is 10.0 Å². The van der Waals surface area contributed by atoms with Crippen LogP contribution >= 0.6 is 63.7 Å². The van der Waals surface area contributed by atoms with Gasteiger partial charge in [0.2, 0.25) is 10.0 Å². The van der Waals surface area contributed by atoms with Gasteiger partial charge in [0.1, 0.15) is 34.9 Å². The predicted octanol–water partition coefficient (Wildman–Crippen LogP) is 7.33. The van der Waals surface area contributed by atoms with E-state index in [1.807, 2.05) is 0 Å². The van der Waals surface area contributed by atoms with Crippen LogP contribution in [0.5, 0.6) is 0 Å². The van der Waals surface area contributed by atoms with E-state index in [2.05, 4.69) is 63.7 Å². The number of carboxylic acids is 1. The molecule has 0 saturated carbocycles. The van der Waals surface area contributed by atoms with Crippen molar-refractivity contribution in [2.75, 3.05) is 6.26 Å². The number of carboxylic acid groups (broad SMARTS) is 1. The molecule has 0 aromatic heterocycles. The molecule has 0 saturated heterocycles. The topological polar surface area (TPSA) is 101 Å². The Kier molecular flexibility index (Phi) is 12.9. The van der Waals surface area contributed by atoms with E-state index in [0.717, 1.165) is 30.5 Å². The zero-order valence-corrected chi connectivity index (χ0v) is 25.4. The summed E-state index contributed by atoms with van der Waals surface area (Å²) in [6.45, 7) is 0. The number of hydrogen-bond acceptors (Lipinski definition) is 4. The average molecular weight is 823 g/mol. The molecule has 0 bridgehead atoms. The smallest absolute Gasteiger partial charge is 0.338 e. The van der Waals surface area contributed by atoms with Crippen molar-refractivity contribution >= 4 is 85.6 Å². The lowest BCUT2D eigenvalue weighted by molar-refractivity contribution is 0.0690. The normalized spacial score (nSPS) is 10.5. The van der Waals surface area contributed by atoms with Crippen molar-refractivity contribution in [1.29, 1.82) is 0 Å². The van der Waals surface area contributed by atoms with E-state index >= 15 is 0 Å². The Morgan fingerprint density at radius 2 is 0.921 bits per heavy atom. The van der Waals surface area contributed by atoms with E-state index in [1.54, 1.807) is 0 Å². The molecule has 17 heteroatoms. The van der Waals surface area contributed by atoms with E-state index in [4.69, 9.17) is 5.11 Å². The highest BCUT2D eigenvalue weighted by Gasteiger charge is 2.18. The number of sulfonamides is 1. The van der Waals surface area contributed by atoms with E-state index in [0.29, 0.717) is 12.1 Å². The molecule has 0 atom stereocenters. The minimum absolute atomic E-state index is 0.0926. The summed E-state index contributed by atoms with van der Waals surface area (Å²) >= 11 is 11.1. The number of nitrogens with one attached hydrogen (secondary N) is 1. The summed E-state index contributed by atoms with van der Waals surface area (Å²) in [7, 11) is -3.81. The number of halogens is 10. The first-order chi connectivity index (χ1) is 17.3. The summed E-state index contributed by atoms with van der Waals surface area (Å²) in [5.41, 5.74) is -1.35. The van der Waals surface area contributed by atoms with Crippen molar-refractivity contribution in [2.24, 2.45) is 0 Å². The molecule has 0 radical (unpaired) electrons. The van der Waals surface area contributed by atoms with E-state index in [-0.39, 0.29) is 17.9 Å². The fourth-order valence-corrected chi connectivity index (χ4v) is 3.81. The lowest BCUT2D eigenvalue weighted by Gasteiger charge is -2.04. The number of carbonyl (C=O) groups is 2. The van der Waals surface area contributed by atoms with Crippen LogP contribution in [0, 0.1) is 34.9 Å². The summed E-state index contributed by atoms with van der Waals surface area (Å²) in [5.74, 6) is -7.30. The van der Waals surface area contributed by atoms with Gasteiger partial charge in [-0.2, -0.15) is 0 Å². The molecule has 6 nitrogen and oxygen atoms in total. The summed E-state index contributed by atoms with van der Waals surface area (Å²) in [6.07, 6.45) is 0.734. The zero-order chi connectivity index (χ0) is 29.5. The largest absolute Gasteiger partial charge is 0.478 e. The molecule has 0 aliphatic carbocycles. The lowest BCUT2D eigenvalue weighted by Crippen LogP contribution is -2.30. The molecule has 2 N–H and O–H groups in total. The van der Waals surface area contributed by atoms with Gasteiger partial charge in [-0.15, -0.1) is 0 Å². The fraction of sp³-hybridized carbons (Fsp3) is 0.0476. The number of hydrogen-bond donors (Lipinski definition) is 2. The van der Waals surface area contributed by atoms with Crippen LogP contribution in [0.4, 0.5) is 26.3 Å². The third kappa shape index (κ3) is 10.7. The molecular weight excluding hydrogens is 812 g/mol. The van der Waals surface area contributed by atoms with Gasteiger partial charge in [0.25, 0.3) is 5.91 Å². The van der Waals surface area contributed by atoms with Gasteiger partial charge < -0.3 is 5.11 Å². The SMILES string of the molecule is CS(=O)(=O)NC(=O)c1cc(F)c(Br)cc1F.Fc1cc(Br)c(F)cc1Br.O=C(O)c1cc(F)c(Br)cc1F. The monoisotopic (exact) mass is 819 g/mol. The highest BCUT2D eigenvalue weighted by atomic mass is 79.9. The van der Waals surface area contributed by atoms with Crippen LogP contribution in [0.3, 0.4) is 0 Å². The first-order valence-corrected chi connectivity index (χ1v) is 14.2. The summed E-state index contributed by atoms with van der Waals surface area (Å²) < 4.78 is 99.6. The molecule has 1 amide bonds. The first kappa shape index (κ1) is 34.1. The molecule has 0 aliphatic rings. The van der Waals surface area contributed by atoms with Crippen molar-refractivity contribution in [2.45, 2.75) is 0 Å². The van der Waals surface area contributed by atoms with Crippen LogP contribution in [0.15, 0.2) is 54.3 Å². The minimum Gasteiger partial charge on any atom is -0.478 e. The van der Waals surface area contributed by atoms with Gasteiger partial charge in [-0.1, -0.05) is 0 Å². The van der Waals surface area contributed by atoms with Gasteiger partial charge in [0.05, 0.1) is 35.3 Å². The maximum Gasteiger partial charge on any atom is 0.338 e. The standard InChI is InChI=1S/C8H6BrF2NO3S.C7H3BrF2O2.C6H2Br2F2/c1-16(14,15)12-8(13)4-2-7(11)5(9)3-6(4)10;8-4-2-5(9)3(7(11)12)1-6(4)10;7-3-1-5(9)4(8)2-6(3)10/h2-3H,1H3,(H,12,13);1-2H,(H,11,12);1-2H. The molecular formula is C21H11Br4F6NO5S. The highest BCUT2D eigenvalue weighted by Crippen LogP contribution is 2.23. The Morgan fingerprint density at radius 1 is 0.632 bits per heavy atom. The third-order valence-corrected chi connectivity index (χ3v) is 6.72. The molecule has 3 aromatic rings. The lowest BCUT2D eigenvalue weighted by atomic mass is 10.2. The van der Waals surface area contributed by atoms with Crippen molar-refractivity contribution in [3.8, 4) is 0 Å². The molecule has 0 aliphatic heterocycles. The Hall–Kier alpha value is -1.95. The number of rotatable bonds is 3. The Bertz CT molecular complexity index is 1440. The summed E-state index contributed by atoms with van der Waals surface area (Å²) in [4.78, 5) is 21.5. The number of amides is 1. The van der Waals surface area contributed by atoms with Crippen LogP contribution in [0.1, 0.15) is 20.7 Å². The molecule has 3 aromatic carbocycles. The van der Waals surface area contributed by atoms with Gasteiger partial charge in [-0.25, -0.2) is 44.3 Å². The van der Waals surface area contributed by atoms with E-state index in [1.165, 1.54) is 4.72 Å².